The maximum atomic E-state index is 13.5. The highest BCUT2D eigenvalue weighted by molar-refractivity contribution is 5.86. The van der Waals surface area contributed by atoms with Crippen LogP contribution in [0.5, 0.6) is 0 Å². The number of hydrogen-bond donors (Lipinski definition) is 3. The Bertz CT molecular complexity index is 1280. The van der Waals surface area contributed by atoms with Crippen molar-refractivity contribution in [2.45, 2.75) is 63.2 Å². The highest BCUT2D eigenvalue weighted by atomic mass is 16.2. The molecule has 1 saturated carbocycles. The zero-order valence-electron chi connectivity index (χ0n) is 27.1. The first kappa shape index (κ1) is 33.4. The first-order valence-electron chi connectivity index (χ1n) is 17.2. The third-order valence-electron chi connectivity index (χ3n) is 9.78. The van der Waals surface area contributed by atoms with Gasteiger partial charge in [0.25, 0.3) is 0 Å². The van der Waals surface area contributed by atoms with Crippen LogP contribution in [0.4, 0.5) is 0 Å². The maximum absolute atomic E-state index is 13.5. The quantitative estimate of drug-likeness (QED) is 0.209. The first-order chi connectivity index (χ1) is 22.5. The lowest BCUT2D eigenvalue weighted by Gasteiger charge is -2.36. The first-order valence-corrected chi connectivity index (χ1v) is 17.2. The van der Waals surface area contributed by atoms with Gasteiger partial charge in [0.15, 0.2) is 0 Å². The Morgan fingerprint density at radius 2 is 1.20 bits per heavy atom. The normalized spacial score (nSPS) is 17.6. The van der Waals surface area contributed by atoms with Gasteiger partial charge in [0, 0.05) is 39.0 Å². The molecule has 3 aromatic rings. The van der Waals surface area contributed by atoms with Crippen LogP contribution in [0, 0.1) is 11.8 Å². The number of amides is 3. The monoisotopic (exact) mass is 622 g/mol. The minimum Gasteiger partial charge on any atom is -0.356 e. The van der Waals surface area contributed by atoms with Crippen LogP contribution in [-0.4, -0.2) is 61.9 Å². The van der Waals surface area contributed by atoms with Crippen molar-refractivity contribution < 1.29 is 14.4 Å². The van der Waals surface area contributed by atoms with E-state index < -0.39 is 5.41 Å². The molecule has 1 atom stereocenters. The molecule has 7 heteroatoms. The van der Waals surface area contributed by atoms with Crippen molar-refractivity contribution in [3.8, 4) is 0 Å². The number of likely N-dealkylation sites (tertiary alicyclic amines) is 1. The van der Waals surface area contributed by atoms with Gasteiger partial charge in [-0.1, -0.05) is 110 Å². The molecule has 3 N–H and O–H groups in total. The highest BCUT2D eigenvalue weighted by Crippen LogP contribution is 2.42. The fraction of sp³-hybridized carbons (Fsp3) is 0.462. The summed E-state index contributed by atoms with van der Waals surface area (Å²) in [5.41, 5.74) is 2.28. The number of carbonyl (C=O) groups excluding carboxylic acids is 3. The highest BCUT2D eigenvalue weighted by Gasteiger charge is 2.38. The molecule has 5 rings (SSSR count). The van der Waals surface area contributed by atoms with Gasteiger partial charge in [-0.15, -0.1) is 0 Å². The fourth-order valence-electron chi connectivity index (χ4n) is 7.40. The largest absolute Gasteiger partial charge is 0.356 e. The van der Waals surface area contributed by atoms with E-state index in [-0.39, 0.29) is 43.7 Å². The molecular formula is C39H50N4O3. The van der Waals surface area contributed by atoms with E-state index in [1.165, 1.54) is 51.6 Å². The second kappa shape index (κ2) is 17.1. The average Bonchev–Trinajstić information content (AvgIpc) is 3.10. The van der Waals surface area contributed by atoms with Crippen LogP contribution in [0.25, 0.3) is 0 Å². The van der Waals surface area contributed by atoms with Crippen LogP contribution >= 0.6 is 0 Å². The van der Waals surface area contributed by atoms with Gasteiger partial charge in [-0.05, 0) is 60.8 Å². The van der Waals surface area contributed by atoms with Crippen molar-refractivity contribution in [2.75, 3.05) is 39.3 Å². The third kappa shape index (κ3) is 9.29. The second-order valence-corrected chi connectivity index (χ2v) is 13.1. The number of hydrogen-bond acceptors (Lipinski definition) is 4. The number of nitrogens with one attached hydrogen (secondary N) is 3. The summed E-state index contributed by atoms with van der Waals surface area (Å²) >= 11 is 0. The molecule has 7 nitrogen and oxygen atoms in total. The Kier molecular flexibility index (Phi) is 12.4. The van der Waals surface area contributed by atoms with Gasteiger partial charge in [-0.25, -0.2) is 0 Å². The summed E-state index contributed by atoms with van der Waals surface area (Å²) < 4.78 is 0. The average molecular weight is 623 g/mol. The molecule has 0 radical (unpaired) electrons. The number of nitrogens with zero attached hydrogens (tertiary/aromatic N) is 1. The van der Waals surface area contributed by atoms with E-state index in [1.807, 2.05) is 91.0 Å². The lowest BCUT2D eigenvalue weighted by atomic mass is 9.67. The molecular weight excluding hydrogens is 572 g/mol. The Balaban J connectivity index is 1.07. The maximum Gasteiger partial charge on any atom is 0.239 e. The van der Waals surface area contributed by atoms with E-state index in [2.05, 4.69) is 20.9 Å². The van der Waals surface area contributed by atoms with Crippen LogP contribution in [0.2, 0.25) is 0 Å². The van der Waals surface area contributed by atoms with Crippen LogP contribution in [0.1, 0.15) is 74.5 Å². The van der Waals surface area contributed by atoms with Gasteiger partial charge >= 0.3 is 0 Å². The van der Waals surface area contributed by atoms with Crippen LogP contribution in [0.15, 0.2) is 91.0 Å². The van der Waals surface area contributed by atoms with Gasteiger partial charge < -0.3 is 20.9 Å². The second-order valence-electron chi connectivity index (χ2n) is 13.1. The molecule has 1 saturated heterocycles. The van der Waals surface area contributed by atoms with E-state index in [1.54, 1.807) is 0 Å². The number of piperidine rings is 1. The van der Waals surface area contributed by atoms with Crippen molar-refractivity contribution in [3.05, 3.63) is 108 Å². The van der Waals surface area contributed by atoms with Crippen molar-refractivity contribution in [1.82, 2.24) is 20.9 Å². The molecule has 1 aliphatic carbocycles. The van der Waals surface area contributed by atoms with Gasteiger partial charge in [0.1, 0.15) is 0 Å². The van der Waals surface area contributed by atoms with E-state index in [9.17, 15) is 14.4 Å². The molecule has 3 amide bonds. The van der Waals surface area contributed by atoms with Crippen LogP contribution in [0.3, 0.4) is 0 Å². The molecule has 46 heavy (non-hydrogen) atoms. The molecule has 0 spiro atoms. The Hall–Kier alpha value is -3.97. The van der Waals surface area contributed by atoms with E-state index in [4.69, 9.17) is 0 Å². The minimum absolute atomic E-state index is 0.0490. The van der Waals surface area contributed by atoms with Crippen molar-refractivity contribution in [2.24, 2.45) is 11.8 Å². The smallest absolute Gasteiger partial charge is 0.239 e. The lowest BCUT2D eigenvalue weighted by Crippen LogP contribution is -2.43. The summed E-state index contributed by atoms with van der Waals surface area (Å²) in [6, 6.07) is 30.1. The zero-order valence-corrected chi connectivity index (χ0v) is 27.1. The Morgan fingerprint density at radius 3 is 1.78 bits per heavy atom. The van der Waals surface area contributed by atoms with Gasteiger partial charge in [0.05, 0.1) is 12.0 Å². The van der Waals surface area contributed by atoms with E-state index >= 15 is 0 Å². The Labute approximate surface area is 274 Å². The van der Waals surface area contributed by atoms with Gasteiger partial charge in [-0.2, -0.15) is 0 Å². The minimum atomic E-state index is -0.729. The van der Waals surface area contributed by atoms with Gasteiger partial charge in [-0.3, -0.25) is 14.4 Å². The summed E-state index contributed by atoms with van der Waals surface area (Å²) in [4.78, 5) is 41.3. The van der Waals surface area contributed by atoms with Crippen LogP contribution in [-0.2, 0) is 19.8 Å². The molecule has 1 unspecified atom stereocenters. The summed E-state index contributed by atoms with van der Waals surface area (Å²) in [7, 11) is 0. The Morgan fingerprint density at radius 1 is 0.630 bits per heavy atom. The predicted molar refractivity (Wildman–Crippen MR) is 183 cm³/mol. The standard InChI is InChI=1S/C39H50N4O3/c44-36(41-27-32-16-13-25-43(30-32)29-31-14-5-1-6-15-31)23-24-40-38(46)28-42-37(45)26-39(33-17-7-2-8-18-33,34-19-9-3-10-20-34)35-21-11-4-12-22-35/h2-4,7-12,17-22,31-32H,1,5-6,13-16,23-30H2,(H,40,46)(H,41,44)(H,42,45). The number of benzene rings is 3. The lowest BCUT2D eigenvalue weighted by molar-refractivity contribution is -0.126. The molecule has 0 aromatic heterocycles. The van der Waals surface area contributed by atoms with E-state index in [0.717, 1.165) is 35.6 Å². The fourth-order valence-corrected chi connectivity index (χ4v) is 7.40. The van der Waals surface area contributed by atoms with Crippen molar-refractivity contribution in [3.63, 3.8) is 0 Å². The number of rotatable bonds is 14. The molecule has 2 aliphatic rings. The van der Waals surface area contributed by atoms with Gasteiger partial charge in [0.2, 0.25) is 17.7 Å². The van der Waals surface area contributed by atoms with E-state index in [0.29, 0.717) is 12.5 Å². The molecule has 2 fully saturated rings. The molecule has 244 valence electrons. The van der Waals surface area contributed by atoms with Crippen molar-refractivity contribution >= 4 is 17.7 Å². The third-order valence-corrected chi connectivity index (χ3v) is 9.78. The zero-order chi connectivity index (χ0) is 32.0. The summed E-state index contributed by atoms with van der Waals surface area (Å²) in [6.45, 7) is 4.23. The predicted octanol–water partition coefficient (Wildman–Crippen LogP) is 5.44. The molecule has 3 aromatic carbocycles. The van der Waals surface area contributed by atoms with Crippen LogP contribution < -0.4 is 16.0 Å². The summed E-state index contributed by atoms with van der Waals surface area (Å²) in [5, 5.41) is 8.71. The van der Waals surface area contributed by atoms with Crippen molar-refractivity contribution in [1.29, 1.82) is 0 Å². The molecule has 1 heterocycles. The molecule has 0 bridgehead atoms. The summed E-state index contributed by atoms with van der Waals surface area (Å²) in [6.07, 6.45) is 9.57. The SMILES string of the molecule is O=C(CCNC(=O)CNC(=O)CC(c1ccccc1)(c1ccccc1)c1ccccc1)NCC1CCCN(CC2CCCCC2)C1. The number of carbonyl (C=O) groups is 3. The topological polar surface area (TPSA) is 90.5 Å². The summed E-state index contributed by atoms with van der Waals surface area (Å²) in [5.74, 6) is 0.744. The molecule has 1 aliphatic heterocycles.